The van der Waals surface area contributed by atoms with Crippen LogP contribution in [0.2, 0.25) is 0 Å². The fourth-order valence-electron chi connectivity index (χ4n) is 1.14. The minimum atomic E-state index is -1.16. The van der Waals surface area contributed by atoms with Gasteiger partial charge in [-0.2, -0.15) is 0 Å². The number of rotatable bonds is 6. The van der Waals surface area contributed by atoms with Crippen molar-refractivity contribution in [3.8, 4) is 0 Å². The minimum Gasteiger partial charge on any atom is -0.476 e. The number of likely N-dealkylation sites (N-methyl/N-ethyl adjacent to an activating group) is 2. The van der Waals surface area contributed by atoms with E-state index < -0.39 is 5.97 Å². The molecule has 17 heavy (non-hydrogen) atoms. The number of aromatic nitrogens is 3. The largest absolute Gasteiger partial charge is 0.476 e. The Bertz CT molecular complexity index is 403. The van der Waals surface area contributed by atoms with Crippen LogP contribution >= 0.6 is 0 Å². The van der Waals surface area contributed by atoms with Gasteiger partial charge in [0.25, 0.3) is 0 Å². The topological polar surface area (TPSA) is 100 Å². The van der Waals surface area contributed by atoms with Gasteiger partial charge in [0.05, 0.1) is 6.20 Å². The van der Waals surface area contributed by atoms with Crippen molar-refractivity contribution in [3.63, 3.8) is 0 Å². The molecule has 0 bridgehead atoms. The van der Waals surface area contributed by atoms with Crippen molar-refractivity contribution in [2.75, 3.05) is 27.2 Å². The molecule has 0 aliphatic heterocycles. The zero-order chi connectivity index (χ0) is 12.8. The second kappa shape index (κ2) is 5.94. The molecule has 0 aliphatic carbocycles. The molecular weight excluding hydrogens is 226 g/mol. The molecule has 0 aromatic carbocycles. The van der Waals surface area contributed by atoms with Crippen LogP contribution in [0.25, 0.3) is 0 Å². The van der Waals surface area contributed by atoms with Gasteiger partial charge in [-0.15, -0.1) is 5.10 Å². The first-order valence-electron chi connectivity index (χ1n) is 5.06. The average Bonchev–Trinajstić information content (AvgIpc) is 2.74. The van der Waals surface area contributed by atoms with Crippen LogP contribution in [0.3, 0.4) is 0 Å². The van der Waals surface area contributed by atoms with E-state index >= 15 is 0 Å². The van der Waals surface area contributed by atoms with E-state index in [1.807, 2.05) is 0 Å². The lowest BCUT2D eigenvalue weighted by atomic mass is 10.4. The van der Waals surface area contributed by atoms with Gasteiger partial charge in [0, 0.05) is 20.1 Å². The number of hydrogen-bond donors (Lipinski definition) is 2. The van der Waals surface area contributed by atoms with Crippen LogP contribution < -0.4 is 5.32 Å². The molecular formula is C9H15N5O3. The molecule has 1 heterocycles. The lowest BCUT2D eigenvalue weighted by molar-refractivity contribution is -0.130. The van der Waals surface area contributed by atoms with Crippen LogP contribution in [0, 0.1) is 0 Å². The fourth-order valence-corrected chi connectivity index (χ4v) is 1.14. The van der Waals surface area contributed by atoms with Crippen molar-refractivity contribution >= 4 is 11.9 Å². The highest BCUT2D eigenvalue weighted by Gasteiger charge is 2.12. The molecule has 94 valence electrons. The lowest BCUT2D eigenvalue weighted by Crippen LogP contribution is -2.35. The van der Waals surface area contributed by atoms with Crippen LogP contribution in [0.5, 0.6) is 0 Å². The monoisotopic (exact) mass is 241 g/mol. The van der Waals surface area contributed by atoms with Crippen LogP contribution in [-0.2, 0) is 11.3 Å². The number of carbonyl (C=O) groups excluding carboxylic acids is 1. The van der Waals surface area contributed by atoms with Gasteiger partial charge in [-0.05, 0) is 7.05 Å². The summed E-state index contributed by atoms with van der Waals surface area (Å²) in [5.74, 6) is -1.31. The number of carboxylic acids is 1. The van der Waals surface area contributed by atoms with E-state index in [0.717, 1.165) is 0 Å². The molecule has 0 aliphatic rings. The van der Waals surface area contributed by atoms with Gasteiger partial charge in [0.15, 0.2) is 5.69 Å². The van der Waals surface area contributed by atoms with Gasteiger partial charge in [0.1, 0.15) is 6.54 Å². The third kappa shape index (κ3) is 3.83. The number of amides is 1. The molecule has 1 aromatic heterocycles. The maximum atomic E-state index is 11.7. The van der Waals surface area contributed by atoms with Gasteiger partial charge in [-0.1, -0.05) is 5.21 Å². The summed E-state index contributed by atoms with van der Waals surface area (Å²) in [6.07, 6.45) is 1.23. The normalized spacial score (nSPS) is 10.2. The highest BCUT2D eigenvalue weighted by Crippen LogP contribution is 1.94. The van der Waals surface area contributed by atoms with E-state index in [2.05, 4.69) is 15.6 Å². The summed E-state index contributed by atoms with van der Waals surface area (Å²) in [4.78, 5) is 23.8. The van der Waals surface area contributed by atoms with Gasteiger partial charge in [0.2, 0.25) is 5.91 Å². The zero-order valence-electron chi connectivity index (χ0n) is 9.75. The Morgan fingerprint density at radius 2 is 2.29 bits per heavy atom. The SMILES string of the molecule is CNCCN(C)C(=O)Cn1cc(C(=O)O)nn1. The van der Waals surface area contributed by atoms with Crippen molar-refractivity contribution < 1.29 is 14.7 Å². The maximum absolute atomic E-state index is 11.7. The van der Waals surface area contributed by atoms with Crippen molar-refractivity contribution in [2.24, 2.45) is 0 Å². The van der Waals surface area contributed by atoms with E-state index in [1.165, 1.54) is 10.9 Å². The second-order valence-corrected chi connectivity index (χ2v) is 3.53. The average molecular weight is 241 g/mol. The fraction of sp³-hybridized carbons (Fsp3) is 0.556. The van der Waals surface area contributed by atoms with E-state index in [0.29, 0.717) is 13.1 Å². The Balaban J connectivity index is 2.52. The summed E-state index contributed by atoms with van der Waals surface area (Å²) in [7, 11) is 3.48. The second-order valence-electron chi connectivity index (χ2n) is 3.53. The number of carboxylic acid groups (broad SMARTS) is 1. The van der Waals surface area contributed by atoms with Crippen LogP contribution in [0.15, 0.2) is 6.20 Å². The molecule has 8 nitrogen and oxygen atoms in total. The number of aromatic carboxylic acids is 1. The molecule has 0 unspecified atom stereocenters. The Kier molecular flexibility index (Phi) is 4.58. The zero-order valence-corrected chi connectivity index (χ0v) is 9.75. The summed E-state index contributed by atoms with van der Waals surface area (Å²) in [6, 6.07) is 0. The predicted molar refractivity (Wildman–Crippen MR) is 58.5 cm³/mol. The highest BCUT2D eigenvalue weighted by molar-refractivity contribution is 5.84. The van der Waals surface area contributed by atoms with Crippen molar-refractivity contribution in [1.29, 1.82) is 0 Å². The smallest absolute Gasteiger partial charge is 0.358 e. The van der Waals surface area contributed by atoms with Crippen molar-refractivity contribution in [2.45, 2.75) is 6.54 Å². The summed E-state index contributed by atoms with van der Waals surface area (Å²) in [5, 5.41) is 18.6. The maximum Gasteiger partial charge on any atom is 0.358 e. The summed E-state index contributed by atoms with van der Waals surface area (Å²) in [5.41, 5.74) is -0.171. The molecule has 0 saturated carbocycles. The predicted octanol–water partition coefficient (Wildman–Crippen LogP) is -1.35. The van der Waals surface area contributed by atoms with Crippen LogP contribution in [0.1, 0.15) is 10.5 Å². The minimum absolute atomic E-state index is 0.0134. The van der Waals surface area contributed by atoms with Crippen LogP contribution in [-0.4, -0.2) is 64.1 Å². The molecule has 0 radical (unpaired) electrons. The molecule has 0 fully saturated rings. The van der Waals surface area contributed by atoms with E-state index in [-0.39, 0.29) is 18.1 Å². The van der Waals surface area contributed by atoms with Crippen molar-refractivity contribution in [3.05, 3.63) is 11.9 Å². The molecule has 1 amide bonds. The summed E-state index contributed by atoms with van der Waals surface area (Å²) in [6.45, 7) is 1.26. The Hall–Kier alpha value is -1.96. The first-order valence-corrected chi connectivity index (χ1v) is 5.06. The Morgan fingerprint density at radius 3 is 2.82 bits per heavy atom. The number of hydrogen-bond acceptors (Lipinski definition) is 5. The molecule has 0 spiro atoms. The molecule has 2 N–H and O–H groups in total. The molecule has 0 atom stereocenters. The van der Waals surface area contributed by atoms with E-state index in [4.69, 9.17) is 5.11 Å². The van der Waals surface area contributed by atoms with Gasteiger partial charge < -0.3 is 15.3 Å². The number of nitrogens with zero attached hydrogens (tertiary/aromatic N) is 4. The number of nitrogens with one attached hydrogen (secondary N) is 1. The summed E-state index contributed by atoms with van der Waals surface area (Å²) >= 11 is 0. The number of carbonyl (C=O) groups is 2. The quantitative estimate of drug-likeness (QED) is 0.639. The third-order valence-electron chi connectivity index (χ3n) is 2.18. The molecule has 1 rings (SSSR count). The van der Waals surface area contributed by atoms with Gasteiger partial charge >= 0.3 is 5.97 Å². The summed E-state index contributed by atoms with van der Waals surface area (Å²) < 4.78 is 1.21. The first-order chi connectivity index (χ1) is 8.04. The highest BCUT2D eigenvalue weighted by atomic mass is 16.4. The van der Waals surface area contributed by atoms with E-state index in [1.54, 1.807) is 19.0 Å². The Morgan fingerprint density at radius 1 is 1.59 bits per heavy atom. The lowest BCUT2D eigenvalue weighted by Gasteiger charge is -2.16. The van der Waals surface area contributed by atoms with Crippen molar-refractivity contribution in [1.82, 2.24) is 25.2 Å². The Labute approximate surface area is 98.2 Å². The van der Waals surface area contributed by atoms with E-state index in [9.17, 15) is 9.59 Å². The third-order valence-corrected chi connectivity index (χ3v) is 2.18. The van der Waals surface area contributed by atoms with Crippen LogP contribution in [0.4, 0.5) is 0 Å². The van der Waals surface area contributed by atoms with Gasteiger partial charge in [-0.25, -0.2) is 9.48 Å². The molecule has 8 heteroatoms. The first kappa shape index (κ1) is 13.1. The standard InChI is InChI=1S/C9H15N5O3/c1-10-3-4-13(2)8(15)6-14-5-7(9(16)17)11-12-14/h5,10H,3-4,6H2,1-2H3,(H,16,17). The van der Waals surface area contributed by atoms with Gasteiger partial charge in [-0.3, -0.25) is 4.79 Å². The molecule has 1 aromatic rings. The molecule has 0 saturated heterocycles.